The summed E-state index contributed by atoms with van der Waals surface area (Å²) < 4.78 is 5.18. The summed E-state index contributed by atoms with van der Waals surface area (Å²) in [6.45, 7) is 9.74. The van der Waals surface area contributed by atoms with Crippen molar-refractivity contribution < 1.29 is 19.4 Å². The molecule has 0 radical (unpaired) electrons. The minimum atomic E-state index is -0.520. The average molecular weight is 335 g/mol. The third-order valence-corrected chi connectivity index (χ3v) is 3.29. The van der Waals surface area contributed by atoms with E-state index in [2.05, 4.69) is 19.2 Å². The van der Waals surface area contributed by atoms with Gasteiger partial charge >= 0.3 is 5.97 Å². The number of hydrogen-bond acceptors (Lipinski definition) is 4. The van der Waals surface area contributed by atoms with Crippen LogP contribution in [0, 0.1) is 5.92 Å². The molecule has 1 atom stereocenters. The molecule has 2 N–H and O–H groups in total. The number of ether oxygens (including phenoxy) is 1. The number of aliphatic hydroxyl groups excluding tert-OH is 1. The molecule has 0 bridgehead atoms. The first-order valence-electron chi connectivity index (χ1n) is 8.36. The van der Waals surface area contributed by atoms with E-state index in [9.17, 15) is 14.7 Å². The lowest BCUT2D eigenvalue weighted by molar-refractivity contribution is -0.154. The van der Waals surface area contributed by atoms with Gasteiger partial charge in [-0.25, -0.2) is 0 Å². The van der Waals surface area contributed by atoms with Crippen LogP contribution < -0.4 is 5.32 Å². The number of aliphatic hydroxyl groups is 1. The number of carbonyl (C=O) groups is 2. The van der Waals surface area contributed by atoms with Crippen LogP contribution in [0.4, 0.5) is 0 Å². The molecule has 0 saturated heterocycles. The Kier molecular flexibility index (Phi) is 7.42. The Balaban J connectivity index is 2.47. The number of esters is 1. The monoisotopic (exact) mass is 335 g/mol. The summed E-state index contributed by atoms with van der Waals surface area (Å²) in [6, 6.07) is 6.88. The summed E-state index contributed by atoms with van der Waals surface area (Å²) in [6.07, 6.45) is 0.296. The largest absolute Gasteiger partial charge is 0.460 e. The van der Waals surface area contributed by atoms with Gasteiger partial charge in [-0.2, -0.15) is 0 Å². The van der Waals surface area contributed by atoms with Gasteiger partial charge in [0.15, 0.2) is 0 Å². The quantitative estimate of drug-likeness (QED) is 0.750. The average Bonchev–Trinajstić information content (AvgIpc) is 2.44. The van der Waals surface area contributed by atoms with Crippen LogP contribution >= 0.6 is 0 Å². The van der Waals surface area contributed by atoms with Crippen LogP contribution in [-0.4, -0.2) is 29.1 Å². The normalized spacial score (nSPS) is 12.8. The number of nitrogens with one attached hydrogen (secondary N) is 1. The number of rotatable bonds is 7. The molecule has 5 nitrogen and oxygen atoms in total. The van der Waals surface area contributed by atoms with Gasteiger partial charge in [0.1, 0.15) is 5.60 Å². The zero-order chi connectivity index (χ0) is 18.3. The van der Waals surface area contributed by atoms with Gasteiger partial charge < -0.3 is 15.2 Å². The maximum Gasteiger partial charge on any atom is 0.308 e. The molecular weight excluding hydrogens is 306 g/mol. The summed E-state index contributed by atoms with van der Waals surface area (Å²) in [5.41, 5.74) is 0.780. The first kappa shape index (κ1) is 20.2. The van der Waals surface area contributed by atoms with Crippen molar-refractivity contribution in [3.8, 4) is 0 Å². The zero-order valence-corrected chi connectivity index (χ0v) is 15.3. The molecule has 0 saturated carbocycles. The Morgan fingerprint density at radius 3 is 2.25 bits per heavy atom. The number of amides is 1. The summed E-state index contributed by atoms with van der Waals surface area (Å²) in [7, 11) is 0. The lowest BCUT2D eigenvalue weighted by atomic mass is 9.99. The topological polar surface area (TPSA) is 75.6 Å². The minimum absolute atomic E-state index is 0.133. The van der Waals surface area contributed by atoms with Crippen molar-refractivity contribution in [2.75, 3.05) is 6.54 Å². The van der Waals surface area contributed by atoms with E-state index < -0.39 is 11.7 Å². The molecule has 1 aromatic rings. The molecule has 1 aromatic carbocycles. The molecule has 0 aliphatic rings. The summed E-state index contributed by atoms with van der Waals surface area (Å²) >= 11 is 0. The maximum atomic E-state index is 12.0. The maximum absolute atomic E-state index is 12.0. The second-order valence-corrected chi connectivity index (χ2v) is 7.36. The van der Waals surface area contributed by atoms with Crippen LogP contribution in [0.25, 0.3) is 0 Å². The Morgan fingerprint density at radius 2 is 1.75 bits per heavy atom. The van der Waals surface area contributed by atoms with E-state index in [0.717, 1.165) is 5.56 Å². The minimum Gasteiger partial charge on any atom is -0.460 e. The number of benzene rings is 1. The van der Waals surface area contributed by atoms with Gasteiger partial charge in [0.2, 0.25) is 0 Å². The molecule has 24 heavy (non-hydrogen) atoms. The Morgan fingerprint density at radius 1 is 1.17 bits per heavy atom. The van der Waals surface area contributed by atoms with Gasteiger partial charge in [0.25, 0.3) is 5.91 Å². The van der Waals surface area contributed by atoms with Crippen LogP contribution in [-0.2, 0) is 9.53 Å². The molecule has 0 aliphatic carbocycles. The van der Waals surface area contributed by atoms with E-state index in [1.54, 1.807) is 45.0 Å². The lowest BCUT2D eigenvalue weighted by Gasteiger charge is -2.19. The molecule has 0 heterocycles. The van der Waals surface area contributed by atoms with Crippen LogP contribution in [0.5, 0.6) is 0 Å². The second-order valence-electron chi connectivity index (χ2n) is 7.36. The number of carbonyl (C=O) groups excluding carboxylic acids is 2. The fourth-order valence-electron chi connectivity index (χ4n) is 2.21. The molecule has 0 aliphatic heterocycles. The Bertz CT molecular complexity index is 543. The van der Waals surface area contributed by atoms with Gasteiger partial charge in [-0.15, -0.1) is 0 Å². The van der Waals surface area contributed by atoms with Gasteiger partial charge in [-0.05, 0) is 50.8 Å². The lowest BCUT2D eigenvalue weighted by Crippen LogP contribution is -2.29. The van der Waals surface area contributed by atoms with Crippen molar-refractivity contribution in [1.29, 1.82) is 0 Å². The highest BCUT2D eigenvalue weighted by molar-refractivity contribution is 5.94. The molecular formula is C19H29NO4. The smallest absolute Gasteiger partial charge is 0.308 e. The summed E-state index contributed by atoms with van der Waals surface area (Å²) in [4.78, 5) is 23.6. The summed E-state index contributed by atoms with van der Waals surface area (Å²) in [5, 5.41) is 12.8. The van der Waals surface area contributed by atoms with Gasteiger partial charge in [-0.3, -0.25) is 9.59 Å². The van der Waals surface area contributed by atoms with Crippen LogP contribution in [0.3, 0.4) is 0 Å². The third-order valence-electron chi connectivity index (χ3n) is 3.29. The van der Waals surface area contributed by atoms with E-state index in [4.69, 9.17) is 4.74 Å². The van der Waals surface area contributed by atoms with Crippen molar-refractivity contribution in [2.45, 2.75) is 59.2 Å². The molecule has 5 heteroatoms. The summed E-state index contributed by atoms with van der Waals surface area (Å²) in [5.74, 6) is -0.186. The predicted octanol–water partition coefficient (Wildman–Crippen LogP) is 3.23. The third kappa shape index (κ3) is 7.59. The first-order valence-corrected chi connectivity index (χ1v) is 8.36. The highest BCUT2D eigenvalue weighted by Gasteiger charge is 2.16. The van der Waals surface area contributed by atoms with Crippen LogP contribution in [0.2, 0.25) is 0 Å². The van der Waals surface area contributed by atoms with Gasteiger partial charge in [0.05, 0.1) is 12.5 Å². The fourth-order valence-corrected chi connectivity index (χ4v) is 2.21. The second kappa shape index (κ2) is 8.83. The molecule has 0 unspecified atom stereocenters. The molecule has 0 spiro atoms. The standard InChI is InChI=1S/C19H29NO4/c1-13(2)12-16(21)14-6-8-15(9-7-14)18(23)20-11-10-17(22)24-19(3,4)5/h6-9,13,16,21H,10-12H2,1-5H3,(H,20,23)/t16-/m0/s1. The van der Waals surface area contributed by atoms with Crippen molar-refractivity contribution >= 4 is 11.9 Å². The Hall–Kier alpha value is -1.88. The van der Waals surface area contributed by atoms with Gasteiger partial charge in [0, 0.05) is 12.1 Å². The number of hydrogen-bond donors (Lipinski definition) is 2. The fraction of sp³-hybridized carbons (Fsp3) is 0.579. The van der Waals surface area contributed by atoms with E-state index in [0.29, 0.717) is 17.9 Å². The molecule has 134 valence electrons. The van der Waals surface area contributed by atoms with Crippen LogP contribution in [0.1, 0.15) is 69.5 Å². The Labute approximate surface area is 144 Å². The van der Waals surface area contributed by atoms with Crippen molar-refractivity contribution in [1.82, 2.24) is 5.32 Å². The highest BCUT2D eigenvalue weighted by atomic mass is 16.6. The first-order chi connectivity index (χ1) is 11.1. The van der Waals surface area contributed by atoms with E-state index in [1.807, 2.05) is 0 Å². The molecule has 1 rings (SSSR count). The van der Waals surface area contributed by atoms with Crippen molar-refractivity contribution in [3.05, 3.63) is 35.4 Å². The van der Waals surface area contributed by atoms with E-state index in [-0.39, 0.29) is 24.8 Å². The molecule has 1 amide bonds. The van der Waals surface area contributed by atoms with Gasteiger partial charge in [-0.1, -0.05) is 26.0 Å². The van der Waals surface area contributed by atoms with Crippen LogP contribution in [0.15, 0.2) is 24.3 Å². The SMILES string of the molecule is CC(C)C[C@H](O)c1ccc(C(=O)NCCC(=O)OC(C)(C)C)cc1. The molecule has 0 fully saturated rings. The predicted molar refractivity (Wildman–Crippen MR) is 93.7 cm³/mol. The van der Waals surface area contributed by atoms with E-state index >= 15 is 0 Å². The van der Waals surface area contributed by atoms with Crippen molar-refractivity contribution in [2.24, 2.45) is 5.92 Å². The van der Waals surface area contributed by atoms with Crippen molar-refractivity contribution in [3.63, 3.8) is 0 Å². The molecule has 0 aromatic heterocycles. The zero-order valence-electron chi connectivity index (χ0n) is 15.3. The van der Waals surface area contributed by atoms with E-state index in [1.165, 1.54) is 0 Å². The highest BCUT2D eigenvalue weighted by Crippen LogP contribution is 2.21.